The molecule has 114 valence electrons. The number of carbonyl (C=O) groups is 2. The SMILES string of the molecule is CCCOc1ccc(N2C(=O)[C@@H]3[C@H](C2=O)[C@@H]2C=C[C@@H]3O2)cc1. The quantitative estimate of drug-likeness (QED) is 0.629. The first-order valence-electron chi connectivity index (χ1n) is 7.65. The number of hydrogen-bond acceptors (Lipinski definition) is 4. The number of amides is 2. The van der Waals surface area contributed by atoms with Crippen LogP contribution in [0.1, 0.15) is 13.3 Å². The summed E-state index contributed by atoms with van der Waals surface area (Å²) in [6, 6.07) is 7.11. The van der Waals surface area contributed by atoms with E-state index in [9.17, 15) is 9.59 Å². The molecule has 2 amide bonds. The van der Waals surface area contributed by atoms with Gasteiger partial charge < -0.3 is 9.47 Å². The van der Waals surface area contributed by atoms with Gasteiger partial charge >= 0.3 is 0 Å². The standard InChI is InChI=1S/C17H17NO4/c1-2-9-21-11-5-3-10(4-6-11)18-16(19)14-12-7-8-13(22-12)15(14)17(18)20/h3-8,12-15H,2,9H2,1H3/t12-,13-,14-,15+/m0/s1. The fourth-order valence-electron chi connectivity index (χ4n) is 3.47. The maximum Gasteiger partial charge on any atom is 0.240 e. The Labute approximate surface area is 128 Å². The van der Waals surface area contributed by atoms with Crippen LogP contribution < -0.4 is 9.64 Å². The van der Waals surface area contributed by atoms with Gasteiger partial charge in [0.1, 0.15) is 5.75 Å². The van der Waals surface area contributed by atoms with Crippen molar-refractivity contribution in [3.8, 4) is 5.75 Å². The Morgan fingerprint density at radius 2 is 1.64 bits per heavy atom. The lowest BCUT2D eigenvalue weighted by Gasteiger charge is -2.18. The zero-order valence-electron chi connectivity index (χ0n) is 12.3. The maximum atomic E-state index is 12.6. The molecular weight excluding hydrogens is 282 g/mol. The fourth-order valence-corrected chi connectivity index (χ4v) is 3.47. The molecule has 5 nitrogen and oxygen atoms in total. The van der Waals surface area contributed by atoms with Crippen molar-refractivity contribution in [3.05, 3.63) is 36.4 Å². The highest BCUT2D eigenvalue weighted by molar-refractivity contribution is 6.23. The molecule has 22 heavy (non-hydrogen) atoms. The normalized spacial score (nSPS) is 32.0. The second kappa shape index (κ2) is 4.95. The van der Waals surface area contributed by atoms with Crippen molar-refractivity contribution in [3.63, 3.8) is 0 Å². The predicted molar refractivity (Wildman–Crippen MR) is 79.5 cm³/mol. The molecule has 0 unspecified atom stereocenters. The molecule has 0 aromatic heterocycles. The molecule has 2 fully saturated rings. The molecule has 2 saturated heterocycles. The van der Waals surface area contributed by atoms with Crippen LogP contribution in [0.2, 0.25) is 0 Å². The average Bonchev–Trinajstić information content (AvgIpc) is 3.20. The van der Waals surface area contributed by atoms with Crippen LogP contribution in [-0.2, 0) is 14.3 Å². The lowest BCUT2D eigenvalue weighted by Crippen LogP contribution is -2.34. The predicted octanol–water partition coefficient (Wildman–Crippen LogP) is 1.92. The summed E-state index contributed by atoms with van der Waals surface area (Å²) >= 11 is 0. The number of carbonyl (C=O) groups excluding carboxylic acids is 2. The molecule has 0 radical (unpaired) electrons. The van der Waals surface area contributed by atoms with Crippen LogP contribution in [0.5, 0.6) is 5.75 Å². The maximum absolute atomic E-state index is 12.6. The topological polar surface area (TPSA) is 55.8 Å². The largest absolute Gasteiger partial charge is 0.494 e. The third-order valence-corrected chi connectivity index (χ3v) is 4.48. The molecule has 0 N–H and O–H groups in total. The van der Waals surface area contributed by atoms with E-state index in [1.54, 1.807) is 24.3 Å². The number of nitrogens with zero attached hydrogens (tertiary/aromatic N) is 1. The minimum absolute atomic E-state index is 0.158. The number of ether oxygens (including phenoxy) is 2. The van der Waals surface area contributed by atoms with E-state index in [4.69, 9.17) is 9.47 Å². The van der Waals surface area contributed by atoms with E-state index in [0.29, 0.717) is 12.3 Å². The van der Waals surface area contributed by atoms with Gasteiger partial charge in [-0.3, -0.25) is 9.59 Å². The van der Waals surface area contributed by atoms with Gasteiger partial charge in [-0.15, -0.1) is 0 Å². The highest BCUT2D eigenvalue weighted by atomic mass is 16.5. The number of imide groups is 1. The summed E-state index contributed by atoms with van der Waals surface area (Å²) in [4.78, 5) is 26.5. The Hall–Kier alpha value is -2.14. The van der Waals surface area contributed by atoms with E-state index in [1.807, 2.05) is 19.1 Å². The van der Waals surface area contributed by atoms with Crippen LogP contribution in [0.15, 0.2) is 36.4 Å². The first-order valence-corrected chi connectivity index (χ1v) is 7.65. The molecule has 4 atom stereocenters. The van der Waals surface area contributed by atoms with Crippen LogP contribution in [0, 0.1) is 11.8 Å². The van der Waals surface area contributed by atoms with Gasteiger partial charge in [-0.05, 0) is 30.7 Å². The van der Waals surface area contributed by atoms with Gasteiger partial charge in [0.2, 0.25) is 11.8 Å². The number of anilines is 1. The lowest BCUT2D eigenvalue weighted by atomic mass is 9.85. The molecule has 0 spiro atoms. The Morgan fingerprint density at radius 3 is 2.18 bits per heavy atom. The minimum atomic E-state index is -0.362. The summed E-state index contributed by atoms with van der Waals surface area (Å²) in [5, 5.41) is 0. The van der Waals surface area contributed by atoms with Crippen LogP contribution >= 0.6 is 0 Å². The summed E-state index contributed by atoms with van der Waals surface area (Å²) in [7, 11) is 0. The highest BCUT2D eigenvalue weighted by Crippen LogP contribution is 2.46. The summed E-state index contributed by atoms with van der Waals surface area (Å²) < 4.78 is 11.2. The Kier molecular flexibility index (Phi) is 3.04. The minimum Gasteiger partial charge on any atom is -0.494 e. The Bertz CT molecular complexity index is 621. The second-order valence-electron chi connectivity index (χ2n) is 5.86. The molecule has 1 aromatic carbocycles. The first kappa shape index (κ1) is 13.5. The molecular formula is C17H17NO4. The smallest absolute Gasteiger partial charge is 0.240 e. The molecule has 2 bridgehead atoms. The number of fused-ring (bicyclic) bond motifs is 5. The van der Waals surface area contributed by atoms with E-state index < -0.39 is 0 Å². The average molecular weight is 299 g/mol. The number of benzene rings is 1. The highest BCUT2D eigenvalue weighted by Gasteiger charge is 2.60. The van der Waals surface area contributed by atoms with Gasteiger partial charge in [0.15, 0.2) is 0 Å². The van der Waals surface area contributed by atoms with E-state index in [1.165, 1.54) is 4.90 Å². The molecule has 0 aliphatic carbocycles. The summed E-state index contributed by atoms with van der Waals surface area (Å²) in [5.41, 5.74) is 0.604. The van der Waals surface area contributed by atoms with Crippen molar-refractivity contribution in [2.24, 2.45) is 11.8 Å². The number of hydrogen-bond donors (Lipinski definition) is 0. The molecule has 3 heterocycles. The van der Waals surface area contributed by atoms with E-state index >= 15 is 0 Å². The zero-order chi connectivity index (χ0) is 15.3. The van der Waals surface area contributed by atoms with Crippen molar-refractivity contribution in [2.45, 2.75) is 25.6 Å². The molecule has 3 aliphatic heterocycles. The van der Waals surface area contributed by atoms with Crippen molar-refractivity contribution in [1.82, 2.24) is 0 Å². The van der Waals surface area contributed by atoms with E-state index in [2.05, 4.69) is 0 Å². The third kappa shape index (κ3) is 1.82. The van der Waals surface area contributed by atoms with Crippen LogP contribution in [0.25, 0.3) is 0 Å². The summed E-state index contributed by atoms with van der Waals surface area (Å²) in [6.07, 6.45) is 4.22. The van der Waals surface area contributed by atoms with Gasteiger partial charge in [-0.1, -0.05) is 19.1 Å². The first-order chi connectivity index (χ1) is 10.7. The van der Waals surface area contributed by atoms with Crippen LogP contribution in [0.3, 0.4) is 0 Å². The Balaban J connectivity index is 1.58. The van der Waals surface area contributed by atoms with Gasteiger partial charge in [0.05, 0.1) is 36.3 Å². The molecule has 0 saturated carbocycles. The summed E-state index contributed by atoms with van der Waals surface area (Å²) in [6.45, 7) is 2.69. The van der Waals surface area contributed by atoms with Gasteiger partial charge in [-0.25, -0.2) is 4.90 Å². The van der Waals surface area contributed by atoms with Crippen molar-refractivity contribution < 1.29 is 19.1 Å². The molecule has 5 heteroatoms. The number of rotatable bonds is 4. The molecule has 3 aliphatic rings. The summed E-state index contributed by atoms with van der Waals surface area (Å²) in [5.74, 6) is -0.296. The Morgan fingerprint density at radius 1 is 1.05 bits per heavy atom. The monoisotopic (exact) mass is 299 g/mol. The van der Waals surface area contributed by atoms with Crippen LogP contribution in [0.4, 0.5) is 5.69 Å². The van der Waals surface area contributed by atoms with Crippen molar-refractivity contribution in [1.29, 1.82) is 0 Å². The van der Waals surface area contributed by atoms with E-state index in [-0.39, 0.29) is 35.9 Å². The van der Waals surface area contributed by atoms with Gasteiger partial charge in [0.25, 0.3) is 0 Å². The van der Waals surface area contributed by atoms with Crippen LogP contribution in [-0.4, -0.2) is 30.6 Å². The second-order valence-corrected chi connectivity index (χ2v) is 5.86. The zero-order valence-corrected chi connectivity index (χ0v) is 12.3. The van der Waals surface area contributed by atoms with Gasteiger partial charge in [-0.2, -0.15) is 0 Å². The lowest BCUT2D eigenvalue weighted by molar-refractivity contribution is -0.124. The van der Waals surface area contributed by atoms with Crippen molar-refractivity contribution in [2.75, 3.05) is 11.5 Å². The molecule has 1 aromatic rings. The van der Waals surface area contributed by atoms with Gasteiger partial charge in [0, 0.05) is 0 Å². The van der Waals surface area contributed by atoms with E-state index in [0.717, 1.165) is 12.2 Å². The molecule has 4 rings (SSSR count). The van der Waals surface area contributed by atoms with Crippen molar-refractivity contribution >= 4 is 17.5 Å². The third-order valence-electron chi connectivity index (χ3n) is 4.48. The fraction of sp³-hybridized carbons (Fsp3) is 0.412.